The summed E-state index contributed by atoms with van der Waals surface area (Å²) in [6.07, 6.45) is 0. The molecule has 2 heteroatoms. The molecule has 1 aliphatic heterocycles. The first-order chi connectivity index (χ1) is 12.6. The molecule has 0 fully saturated rings. The molecule has 0 bridgehead atoms. The minimum Gasteiger partial charge on any atom is -0.0912 e. The summed E-state index contributed by atoms with van der Waals surface area (Å²) >= 11 is 1.93. The largest absolute Gasteiger partial charge is 0.215 e. The molecule has 0 saturated heterocycles. The third-order valence-corrected chi connectivity index (χ3v) is 6.54. The summed E-state index contributed by atoms with van der Waals surface area (Å²) in [5, 5.41) is 0. The molecule has 0 aliphatic carbocycles. The lowest BCUT2D eigenvalue weighted by Crippen LogP contribution is -2.49. The maximum absolute atomic E-state index is 2.36. The van der Waals surface area contributed by atoms with E-state index in [1.54, 1.807) is 0 Å². The van der Waals surface area contributed by atoms with Crippen molar-refractivity contribution in [3.63, 3.8) is 0 Å². The van der Waals surface area contributed by atoms with Gasteiger partial charge in [0.25, 0.3) is 0 Å². The van der Waals surface area contributed by atoms with Crippen LogP contribution in [0.4, 0.5) is 0 Å². The predicted octanol–water partition coefficient (Wildman–Crippen LogP) is 5.96. The smallest absolute Gasteiger partial charge is 0.0912 e. The highest BCUT2D eigenvalue weighted by atomic mass is 32.2. The van der Waals surface area contributed by atoms with Crippen molar-refractivity contribution in [1.29, 1.82) is 0 Å². The lowest BCUT2D eigenvalue weighted by atomic mass is 9.33. The van der Waals surface area contributed by atoms with Gasteiger partial charge in [-0.2, -0.15) is 0 Å². The SMILES string of the molecule is CC(C)B1c2ccccc2Sc2ccc(C(C)C)c(-c3ccccc3)c21. The van der Waals surface area contributed by atoms with Gasteiger partial charge in [-0.25, -0.2) is 0 Å². The van der Waals surface area contributed by atoms with Crippen LogP contribution in [0.5, 0.6) is 0 Å². The molecule has 0 unspecified atom stereocenters. The van der Waals surface area contributed by atoms with E-state index >= 15 is 0 Å². The Morgan fingerprint density at radius 2 is 1.42 bits per heavy atom. The van der Waals surface area contributed by atoms with E-state index in [0.717, 1.165) is 0 Å². The zero-order valence-corrected chi connectivity index (χ0v) is 16.8. The second-order valence-electron chi connectivity index (χ2n) is 7.82. The van der Waals surface area contributed by atoms with E-state index in [-0.39, 0.29) is 0 Å². The van der Waals surface area contributed by atoms with Crippen LogP contribution < -0.4 is 10.9 Å². The van der Waals surface area contributed by atoms with Gasteiger partial charge in [-0.1, -0.05) is 111 Å². The molecule has 0 spiro atoms. The average Bonchev–Trinajstić information content (AvgIpc) is 2.65. The van der Waals surface area contributed by atoms with Crippen molar-refractivity contribution >= 4 is 29.4 Å². The Morgan fingerprint density at radius 3 is 2.12 bits per heavy atom. The Balaban J connectivity index is 2.05. The van der Waals surface area contributed by atoms with E-state index < -0.39 is 0 Å². The molecule has 0 aromatic heterocycles. The second kappa shape index (κ2) is 7.00. The number of rotatable bonds is 3. The molecule has 0 atom stereocenters. The van der Waals surface area contributed by atoms with Crippen molar-refractivity contribution in [2.75, 3.05) is 0 Å². The monoisotopic (exact) mass is 356 g/mol. The average molecular weight is 356 g/mol. The first kappa shape index (κ1) is 17.5. The van der Waals surface area contributed by atoms with Crippen LogP contribution in [0.15, 0.2) is 76.5 Å². The minimum atomic E-state index is 0.441. The zero-order valence-electron chi connectivity index (χ0n) is 16.0. The summed E-state index contributed by atoms with van der Waals surface area (Å²) in [6.45, 7) is 9.78. The summed E-state index contributed by atoms with van der Waals surface area (Å²) in [5.74, 6) is 1.06. The molecular formula is C24H25BS. The zero-order chi connectivity index (χ0) is 18.3. The maximum Gasteiger partial charge on any atom is 0.215 e. The van der Waals surface area contributed by atoms with Crippen LogP contribution in [0.3, 0.4) is 0 Å². The predicted molar refractivity (Wildman–Crippen MR) is 117 cm³/mol. The summed E-state index contributed by atoms with van der Waals surface area (Å²) in [5.41, 5.74) is 7.28. The molecule has 3 aromatic carbocycles. The molecule has 0 amide bonds. The van der Waals surface area contributed by atoms with Gasteiger partial charge in [0.15, 0.2) is 0 Å². The van der Waals surface area contributed by atoms with Crippen molar-refractivity contribution in [2.45, 2.75) is 49.2 Å². The van der Waals surface area contributed by atoms with Gasteiger partial charge in [0.05, 0.1) is 0 Å². The van der Waals surface area contributed by atoms with Crippen molar-refractivity contribution in [3.05, 3.63) is 72.3 Å². The molecule has 0 N–H and O–H groups in total. The normalized spacial score (nSPS) is 13.1. The van der Waals surface area contributed by atoms with Crippen LogP contribution in [0.1, 0.15) is 39.2 Å². The van der Waals surface area contributed by atoms with Crippen LogP contribution in [-0.4, -0.2) is 6.71 Å². The Morgan fingerprint density at radius 1 is 0.731 bits per heavy atom. The van der Waals surface area contributed by atoms with E-state index in [4.69, 9.17) is 0 Å². The summed E-state index contributed by atoms with van der Waals surface area (Å²) in [4.78, 5) is 2.83. The van der Waals surface area contributed by atoms with Gasteiger partial charge >= 0.3 is 0 Å². The van der Waals surface area contributed by atoms with Crippen LogP contribution in [0.25, 0.3) is 11.1 Å². The Hall–Kier alpha value is -1.93. The van der Waals surface area contributed by atoms with Crippen molar-refractivity contribution in [3.8, 4) is 11.1 Å². The number of fused-ring (bicyclic) bond motifs is 2. The third kappa shape index (κ3) is 2.91. The molecule has 130 valence electrons. The molecule has 1 aliphatic rings. The first-order valence-electron chi connectivity index (χ1n) is 9.57. The summed E-state index contributed by atoms with van der Waals surface area (Å²) < 4.78 is 0. The standard InChI is InChI=1S/C24H25BS/c1-16(2)19-14-15-22-24(23(19)18-10-6-5-7-11-18)25(17(3)4)20-12-8-9-13-21(20)26-22/h5-17H,1-4H3. The highest BCUT2D eigenvalue weighted by molar-refractivity contribution is 8.00. The lowest BCUT2D eigenvalue weighted by Gasteiger charge is -2.32. The maximum atomic E-state index is 2.36. The molecule has 0 saturated carbocycles. The summed E-state index contributed by atoms with van der Waals surface area (Å²) in [7, 11) is 0. The molecule has 3 aromatic rings. The number of hydrogen-bond acceptors (Lipinski definition) is 1. The van der Waals surface area contributed by atoms with Gasteiger partial charge in [-0.05, 0) is 34.7 Å². The Kier molecular flexibility index (Phi) is 4.71. The van der Waals surface area contributed by atoms with Crippen molar-refractivity contribution in [1.82, 2.24) is 0 Å². The van der Waals surface area contributed by atoms with Gasteiger partial charge in [0.1, 0.15) is 0 Å². The van der Waals surface area contributed by atoms with Gasteiger partial charge in [-0.15, -0.1) is 0 Å². The van der Waals surface area contributed by atoms with Gasteiger partial charge in [0.2, 0.25) is 6.71 Å². The number of hydrogen-bond donors (Lipinski definition) is 0. The quantitative estimate of drug-likeness (QED) is 0.522. The second-order valence-corrected chi connectivity index (χ2v) is 8.91. The van der Waals surface area contributed by atoms with Crippen molar-refractivity contribution < 1.29 is 0 Å². The Bertz CT molecular complexity index is 928. The van der Waals surface area contributed by atoms with Crippen LogP contribution in [-0.2, 0) is 0 Å². The lowest BCUT2D eigenvalue weighted by molar-refractivity contribution is 0.868. The third-order valence-electron chi connectivity index (χ3n) is 5.37. The summed E-state index contributed by atoms with van der Waals surface area (Å²) in [6, 6.07) is 24.6. The first-order valence-corrected chi connectivity index (χ1v) is 10.4. The van der Waals surface area contributed by atoms with Crippen molar-refractivity contribution in [2.24, 2.45) is 0 Å². The van der Waals surface area contributed by atoms with Gasteiger partial charge in [-0.3, -0.25) is 0 Å². The highest BCUT2D eigenvalue weighted by Gasteiger charge is 2.35. The van der Waals surface area contributed by atoms with E-state index in [9.17, 15) is 0 Å². The fraction of sp³-hybridized carbons (Fsp3) is 0.250. The van der Waals surface area contributed by atoms with Gasteiger partial charge < -0.3 is 0 Å². The fourth-order valence-corrected chi connectivity index (χ4v) is 5.39. The molecule has 0 radical (unpaired) electrons. The van der Waals surface area contributed by atoms with Crippen LogP contribution in [0.2, 0.25) is 5.82 Å². The topological polar surface area (TPSA) is 0 Å². The minimum absolute atomic E-state index is 0.441. The van der Waals surface area contributed by atoms with E-state index in [2.05, 4.69) is 94.4 Å². The van der Waals surface area contributed by atoms with E-state index in [1.807, 2.05) is 11.8 Å². The molecule has 1 heterocycles. The fourth-order valence-electron chi connectivity index (χ4n) is 4.22. The number of benzene rings is 3. The van der Waals surface area contributed by atoms with E-state index in [1.165, 1.54) is 37.4 Å². The molecular weight excluding hydrogens is 331 g/mol. The highest BCUT2D eigenvalue weighted by Crippen LogP contribution is 2.38. The van der Waals surface area contributed by atoms with Gasteiger partial charge in [0, 0.05) is 9.79 Å². The van der Waals surface area contributed by atoms with Crippen LogP contribution >= 0.6 is 11.8 Å². The molecule has 0 nitrogen and oxygen atoms in total. The molecule has 26 heavy (non-hydrogen) atoms. The van der Waals surface area contributed by atoms with Crippen LogP contribution in [0, 0.1) is 0 Å². The Labute approximate surface area is 162 Å². The van der Waals surface area contributed by atoms with E-state index in [0.29, 0.717) is 18.4 Å². The molecule has 4 rings (SSSR count).